The van der Waals surface area contributed by atoms with Crippen molar-refractivity contribution in [2.45, 2.75) is 20.3 Å². The van der Waals surface area contributed by atoms with Crippen molar-refractivity contribution in [3.05, 3.63) is 93.5 Å². The highest BCUT2D eigenvalue weighted by Gasteiger charge is 2.05. The molecule has 0 saturated carbocycles. The molecular weight excluding hydrogens is 394 g/mol. The SMILES string of the molecule is Cc1cccc(C)c1OCCCOc1ccccc1/C=N\Nc1ccc([N+](=O)[O-])cc1. The van der Waals surface area contributed by atoms with Crippen LogP contribution < -0.4 is 14.9 Å². The molecule has 0 heterocycles. The van der Waals surface area contributed by atoms with Crippen LogP contribution in [0.4, 0.5) is 11.4 Å². The third kappa shape index (κ3) is 6.30. The van der Waals surface area contributed by atoms with Crippen molar-refractivity contribution in [3.63, 3.8) is 0 Å². The smallest absolute Gasteiger partial charge is 0.269 e. The molecule has 0 aliphatic carbocycles. The van der Waals surface area contributed by atoms with Crippen LogP contribution in [0.2, 0.25) is 0 Å². The van der Waals surface area contributed by atoms with Gasteiger partial charge in [0.15, 0.2) is 0 Å². The second-order valence-corrected chi connectivity index (χ2v) is 6.98. The van der Waals surface area contributed by atoms with Gasteiger partial charge >= 0.3 is 0 Å². The summed E-state index contributed by atoms with van der Waals surface area (Å²) in [6.07, 6.45) is 2.41. The lowest BCUT2D eigenvalue weighted by atomic mass is 10.1. The summed E-state index contributed by atoms with van der Waals surface area (Å²) in [4.78, 5) is 10.3. The number of hydrogen-bond acceptors (Lipinski definition) is 6. The van der Waals surface area contributed by atoms with E-state index in [1.54, 1.807) is 18.3 Å². The van der Waals surface area contributed by atoms with Crippen molar-refractivity contribution in [1.29, 1.82) is 0 Å². The first-order chi connectivity index (χ1) is 15.0. The van der Waals surface area contributed by atoms with Gasteiger partial charge < -0.3 is 9.47 Å². The van der Waals surface area contributed by atoms with Crippen LogP contribution in [-0.4, -0.2) is 24.4 Å². The Kier molecular flexibility index (Phi) is 7.59. The van der Waals surface area contributed by atoms with Crippen molar-refractivity contribution in [1.82, 2.24) is 0 Å². The van der Waals surface area contributed by atoms with E-state index in [1.807, 2.05) is 56.3 Å². The van der Waals surface area contributed by atoms with Crippen molar-refractivity contribution in [3.8, 4) is 11.5 Å². The van der Waals surface area contributed by atoms with E-state index in [0.29, 0.717) is 18.9 Å². The number of hydrazone groups is 1. The Morgan fingerprint density at radius 1 is 0.935 bits per heavy atom. The Balaban J connectivity index is 1.49. The van der Waals surface area contributed by atoms with Crippen LogP contribution in [0.5, 0.6) is 11.5 Å². The molecule has 0 aromatic heterocycles. The first-order valence-corrected chi connectivity index (χ1v) is 9.99. The Labute approximate surface area is 181 Å². The minimum atomic E-state index is -0.437. The summed E-state index contributed by atoms with van der Waals surface area (Å²) in [5, 5.41) is 14.9. The molecule has 0 aliphatic rings. The molecule has 7 nitrogen and oxygen atoms in total. The van der Waals surface area contributed by atoms with Crippen LogP contribution >= 0.6 is 0 Å². The Bertz CT molecular complexity index is 1030. The Hall–Kier alpha value is -3.87. The lowest BCUT2D eigenvalue weighted by molar-refractivity contribution is -0.384. The third-order valence-corrected chi connectivity index (χ3v) is 4.60. The van der Waals surface area contributed by atoms with Crippen LogP contribution in [0.15, 0.2) is 71.8 Å². The number of para-hydroxylation sites is 2. The summed E-state index contributed by atoms with van der Waals surface area (Å²) in [7, 11) is 0. The molecule has 0 saturated heterocycles. The molecule has 160 valence electrons. The Morgan fingerprint density at radius 3 is 2.32 bits per heavy atom. The highest BCUT2D eigenvalue weighted by Crippen LogP contribution is 2.22. The van der Waals surface area contributed by atoms with Gasteiger partial charge in [0.05, 0.1) is 30.0 Å². The summed E-state index contributed by atoms with van der Waals surface area (Å²) in [6, 6.07) is 19.8. The molecule has 0 bridgehead atoms. The van der Waals surface area contributed by atoms with E-state index >= 15 is 0 Å². The third-order valence-electron chi connectivity index (χ3n) is 4.60. The summed E-state index contributed by atoms with van der Waals surface area (Å²) in [6.45, 7) is 5.17. The predicted molar refractivity (Wildman–Crippen MR) is 122 cm³/mol. The number of anilines is 1. The quantitative estimate of drug-likeness (QED) is 0.203. The average molecular weight is 419 g/mol. The predicted octanol–water partition coefficient (Wildman–Crippen LogP) is 5.51. The van der Waals surface area contributed by atoms with E-state index in [0.717, 1.165) is 34.6 Å². The van der Waals surface area contributed by atoms with Gasteiger partial charge in [-0.15, -0.1) is 0 Å². The molecule has 0 unspecified atom stereocenters. The molecule has 0 radical (unpaired) electrons. The van der Waals surface area contributed by atoms with E-state index in [1.165, 1.54) is 12.1 Å². The number of nitro groups is 1. The molecular formula is C24H25N3O4. The summed E-state index contributed by atoms with van der Waals surface area (Å²) in [5.41, 5.74) is 6.64. The minimum Gasteiger partial charge on any atom is -0.493 e. The monoisotopic (exact) mass is 419 g/mol. The zero-order valence-corrected chi connectivity index (χ0v) is 17.6. The van der Waals surface area contributed by atoms with Gasteiger partial charge in [0, 0.05) is 24.1 Å². The van der Waals surface area contributed by atoms with E-state index in [4.69, 9.17) is 9.47 Å². The number of nitrogens with zero attached hydrogens (tertiary/aromatic N) is 2. The maximum atomic E-state index is 10.7. The van der Waals surface area contributed by atoms with Gasteiger partial charge in [-0.3, -0.25) is 15.5 Å². The molecule has 7 heteroatoms. The fourth-order valence-electron chi connectivity index (χ4n) is 2.99. The highest BCUT2D eigenvalue weighted by atomic mass is 16.6. The van der Waals surface area contributed by atoms with Crippen molar-refractivity contribution >= 4 is 17.6 Å². The van der Waals surface area contributed by atoms with Gasteiger partial charge in [0.25, 0.3) is 5.69 Å². The number of rotatable bonds is 10. The molecule has 0 fully saturated rings. The largest absolute Gasteiger partial charge is 0.493 e. The molecule has 0 aliphatic heterocycles. The van der Waals surface area contributed by atoms with Crippen LogP contribution in [0.1, 0.15) is 23.1 Å². The lowest BCUT2D eigenvalue weighted by Gasteiger charge is -2.13. The molecule has 0 amide bonds. The number of hydrogen-bond donors (Lipinski definition) is 1. The molecule has 1 N–H and O–H groups in total. The highest BCUT2D eigenvalue weighted by molar-refractivity contribution is 5.84. The number of ether oxygens (including phenoxy) is 2. The van der Waals surface area contributed by atoms with Crippen molar-refractivity contribution in [2.24, 2.45) is 5.10 Å². The van der Waals surface area contributed by atoms with Gasteiger partial charge in [-0.05, 0) is 49.2 Å². The minimum absolute atomic E-state index is 0.0369. The van der Waals surface area contributed by atoms with Crippen molar-refractivity contribution < 1.29 is 14.4 Å². The number of nitrogens with one attached hydrogen (secondary N) is 1. The van der Waals surface area contributed by atoms with Crippen LogP contribution in [0, 0.1) is 24.0 Å². The summed E-state index contributed by atoms with van der Waals surface area (Å²) < 4.78 is 11.8. The first-order valence-electron chi connectivity index (χ1n) is 9.99. The van der Waals surface area contributed by atoms with E-state index in [9.17, 15) is 10.1 Å². The standard InChI is InChI=1S/C24H25N3O4/c1-18-7-5-8-19(2)24(18)31-16-6-15-30-23-10-4-3-9-20(23)17-25-26-21-11-13-22(14-12-21)27(28)29/h3-5,7-14,17,26H,6,15-16H2,1-2H3/b25-17-. The van der Waals surface area contributed by atoms with Gasteiger partial charge in [0.1, 0.15) is 11.5 Å². The number of non-ortho nitro benzene ring substituents is 1. The molecule has 3 rings (SSSR count). The topological polar surface area (TPSA) is 86.0 Å². The molecule has 3 aromatic rings. The second-order valence-electron chi connectivity index (χ2n) is 6.98. The van der Waals surface area contributed by atoms with Crippen LogP contribution in [0.3, 0.4) is 0 Å². The van der Waals surface area contributed by atoms with E-state index in [2.05, 4.69) is 10.5 Å². The van der Waals surface area contributed by atoms with Gasteiger partial charge in [-0.1, -0.05) is 30.3 Å². The van der Waals surface area contributed by atoms with Crippen molar-refractivity contribution in [2.75, 3.05) is 18.6 Å². The van der Waals surface area contributed by atoms with Gasteiger partial charge in [0.2, 0.25) is 0 Å². The number of nitro benzene ring substituents is 1. The maximum absolute atomic E-state index is 10.7. The van der Waals surface area contributed by atoms with Crippen LogP contribution in [0.25, 0.3) is 0 Å². The molecule has 31 heavy (non-hydrogen) atoms. The normalized spacial score (nSPS) is 10.8. The number of benzene rings is 3. The molecule has 0 atom stereocenters. The second kappa shape index (κ2) is 10.8. The maximum Gasteiger partial charge on any atom is 0.269 e. The number of aryl methyl sites for hydroxylation is 2. The Morgan fingerprint density at radius 2 is 1.61 bits per heavy atom. The van der Waals surface area contributed by atoms with Gasteiger partial charge in [-0.25, -0.2) is 0 Å². The summed E-state index contributed by atoms with van der Waals surface area (Å²) >= 11 is 0. The molecule has 0 spiro atoms. The van der Waals surface area contributed by atoms with E-state index in [-0.39, 0.29) is 5.69 Å². The fraction of sp³-hybridized carbons (Fsp3) is 0.208. The molecule has 3 aromatic carbocycles. The zero-order chi connectivity index (χ0) is 22.1. The zero-order valence-electron chi connectivity index (χ0n) is 17.6. The lowest BCUT2D eigenvalue weighted by Crippen LogP contribution is -2.07. The van der Waals surface area contributed by atoms with E-state index < -0.39 is 4.92 Å². The fourth-order valence-corrected chi connectivity index (χ4v) is 2.99. The summed E-state index contributed by atoms with van der Waals surface area (Å²) in [5.74, 6) is 1.66. The average Bonchev–Trinajstić information content (AvgIpc) is 2.76. The first kappa shape index (κ1) is 21.8. The van der Waals surface area contributed by atoms with Gasteiger partial charge in [-0.2, -0.15) is 5.10 Å². The van der Waals surface area contributed by atoms with Crippen LogP contribution in [-0.2, 0) is 0 Å².